The van der Waals surface area contributed by atoms with Crippen LogP contribution in [0.5, 0.6) is 0 Å². The third-order valence-electron chi connectivity index (χ3n) is 5.34. The van der Waals surface area contributed by atoms with Gasteiger partial charge in [0.05, 0.1) is 17.8 Å². The average Bonchev–Trinajstić information content (AvgIpc) is 3.38. The number of rotatable bonds is 4. The van der Waals surface area contributed by atoms with Gasteiger partial charge in [0, 0.05) is 38.6 Å². The molecule has 1 atom stereocenters. The maximum atomic E-state index is 13.4. The van der Waals surface area contributed by atoms with Gasteiger partial charge in [-0.15, -0.1) is 0 Å². The molecule has 1 unspecified atom stereocenters. The molecular formula is C20H24N6O3. The van der Waals surface area contributed by atoms with Crippen molar-refractivity contribution in [3.8, 4) is 11.5 Å². The topological polar surface area (TPSA) is 99.1 Å². The van der Waals surface area contributed by atoms with Crippen LogP contribution in [0.4, 0.5) is 0 Å². The maximum Gasteiger partial charge on any atom is 0.271 e. The van der Waals surface area contributed by atoms with Crippen LogP contribution in [0.15, 0.2) is 29.2 Å². The van der Waals surface area contributed by atoms with E-state index < -0.39 is 0 Å². The van der Waals surface area contributed by atoms with E-state index in [1.807, 2.05) is 11.9 Å². The zero-order valence-corrected chi connectivity index (χ0v) is 16.8. The Balaban J connectivity index is 1.65. The zero-order valence-electron chi connectivity index (χ0n) is 16.8. The highest BCUT2D eigenvalue weighted by atomic mass is 16.5. The molecular weight excluding hydrogens is 372 g/mol. The quantitative estimate of drug-likeness (QED) is 0.629. The fourth-order valence-electron chi connectivity index (χ4n) is 3.76. The van der Waals surface area contributed by atoms with Crippen molar-refractivity contribution in [1.29, 1.82) is 0 Å². The van der Waals surface area contributed by atoms with Crippen molar-refractivity contribution in [2.24, 2.45) is 14.1 Å². The second kappa shape index (κ2) is 7.65. The molecule has 0 bridgehead atoms. The summed E-state index contributed by atoms with van der Waals surface area (Å²) < 4.78 is 8.82. The summed E-state index contributed by atoms with van der Waals surface area (Å²) in [5.41, 5.74) is 1.75. The number of aromatic nitrogens is 5. The van der Waals surface area contributed by atoms with Gasteiger partial charge in [-0.2, -0.15) is 10.1 Å². The largest absolute Gasteiger partial charge is 0.346 e. The lowest BCUT2D eigenvalue weighted by atomic mass is 10.1. The normalized spacial score (nSPS) is 17.3. The minimum Gasteiger partial charge on any atom is -0.346 e. The molecule has 1 aliphatic heterocycles. The summed E-state index contributed by atoms with van der Waals surface area (Å²) in [6.45, 7) is 2.11. The van der Waals surface area contributed by atoms with Crippen molar-refractivity contribution in [3.05, 3.63) is 41.7 Å². The highest BCUT2D eigenvalue weighted by Crippen LogP contribution is 2.31. The van der Waals surface area contributed by atoms with Gasteiger partial charge in [0.1, 0.15) is 5.69 Å². The Morgan fingerprint density at radius 1 is 1.17 bits per heavy atom. The van der Waals surface area contributed by atoms with Crippen molar-refractivity contribution in [2.75, 3.05) is 6.54 Å². The Morgan fingerprint density at radius 3 is 2.69 bits per heavy atom. The molecule has 9 nitrogen and oxygen atoms in total. The molecule has 1 saturated heterocycles. The first kappa shape index (κ1) is 19.1. The minimum absolute atomic E-state index is 0.0636. The third-order valence-corrected chi connectivity index (χ3v) is 5.34. The fourth-order valence-corrected chi connectivity index (χ4v) is 3.76. The molecule has 152 valence electrons. The van der Waals surface area contributed by atoms with Gasteiger partial charge in [0.2, 0.25) is 0 Å². The van der Waals surface area contributed by atoms with Crippen molar-refractivity contribution in [1.82, 2.24) is 29.4 Å². The van der Waals surface area contributed by atoms with Crippen LogP contribution in [-0.4, -0.2) is 47.6 Å². The average molecular weight is 396 g/mol. The molecule has 3 aromatic rings. The summed E-state index contributed by atoms with van der Waals surface area (Å²) >= 11 is 0. The van der Waals surface area contributed by atoms with E-state index in [0.717, 1.165) is 31.2 Å². The van der Waals surface area contributed by atoms with Gasteiger partial charge in [-0.25, -0.2) is 0 Å². The molecule has 1 amide bonds. The van der Waals surface area contributed by atoms with Crippen LogP contribution in [0.3, 0.4) is 0 Å². The number of hydrogen-bond donors (Lipinski definition) is 0. The highest BCUT2D eigenvalue weighted by molar-refractivity contribution is 5.99. The first-order chi connectivity index (χ1) is 13.9. The minimum atomic E-state index is -0.269. The third kappa shape index (κ3) is 3.72. The van der Waals surface area contributed by atoms with Crippen LogP contribution in [0.2, 0.25) is 0 Å². The Hall–Kier alpha value is -3.23. The number of aryl methyl sites for hydroxylation is 2. The van der Waals surface area contributed by atoms with E-state index in [2.05, 4.69) is 15.2 Å². The molecule has 0 radical (unpaired) electrons. The lowest BCUT2D eigenvalue weighted by Crippen LogP contribution is -2.36. The van der Waals surface area contributed by atoms with Gasteiger partial charge in [-0.3, -0.25) is 14.3 Å². The first-order valence-corrected chi connectivity index (χ1v) is 9.75. The van der Waals surface area contributed by atoms with Crippen molar-refractivity contribution < 1.29 is 14.1 Å². The first-order valence-electron chi connectivity index (χ1n) is 9.75. The Labute approximate surface area is 168 Å². The van der Waals surface area contributed by atoms with E-state index in [-0.39, 0.29) is 17.7 Å². The monoisotopic (exact) mass is 396 g/mol. The number of Topliss-reactive ketones (excluding diaryl/α,β-unsaturated/α-hetero) is 1. The molecule has 0 spiro atoms. The van der Waals surface area contributed by atoms with Crippen LogP contribution in [0, 0.1) is 0 Å². The van der Waals surface area contributed by atoms with Crippen LogP contribution in [0.1, 0.15) is 65.3 Å². The standard InChI is InChI=1S/C20H24N6O3/c1-13(27)14-9-17(24(2)11-14)20(28)26-8-6-4-5-7-16(26)18-22-19(29-23-18)15-10-21-25(3)12-15/h9-12,16H,4-8H2,1-3H3. The van der Waals surface area contributed by atoms with Crippen LogP contribution >= 0.6 is 0 Å². The molecule has 0 aliphatic carbocycles. The summed E-state index contributed by atoms with van der Waals surface area (Å²) in [4.78, 5) is 31.4. The van der Waals surface area contributed by atoms with Gasteiger partial charge in [-0.05, 0) is 25.8 Å². The number of nitrogens with zero attached hydrogens (tertiary/aromatic N) is 6. The Kier molecular flexibility index (Phi) is 5.04. The van der Waals surface area contributed by atoms with Crippen LogP contribution < -0.4 is 0 Å². The fraction of sp³-hybridized carbons (Fsp3) is 0.450. The van der Waals surface area contributed by atoms with Crippen molar-refractivity contribution in [3.63, 3.8) is 0 Å². The summed E-state index contributed by atoms with van der Waals surface area (Å²) in [7, 11) is 3.60. The summed E-state index contributed by atoms with van der Waals surface area (Å²) in [5, 5.41) is 8.30. The van der Waals surface area contributed by atoms with Gasteiger partial charge in [-0.1, -0.05) is 18.0 Å². The molecule has 0 N–H and O–H groups in total. The summed E-state index contributed by atoms with van der Waals surface area (Å²) in [6.07, 6.45) is 8.87. The number of likely N-dealkylation sites (tertiary alicyclic amines) is 1. The number of carbonyl (C=O) groups is 2. The molecule has 3 aromatic heterocycles. The number of hydrogen-bond acceptors (Lipinski definition) is 6. The van der Waals surface area contributed by atoms with Gasteiger partial charge in [0.25, 0.3) is 11.8 Å². The molecule has 0 saturated carbocycles. The molecule has 4 heterocycles. The molecule has 0 aromatic carbocycles. The van der Waals surface area contributed by atoms with Crippen LogP contribution in [0.25, 0.3) is 11.5 Å². The van der Waals surface area contributed by atoms with Gasteiger partial charge in [0.15, 0.2) is 11.6 Å². The molecule has 1 aliphatic rings. The molecule has 29 heavy (non-hydrogen) atoms. The van der Waals surface area contributed by atoms with Gasteiger partial charge < -0.3 is 14.0 Å². The van der Waals surface area contributed by atoms with E-state index in [1.165, 1.54) is 6.92 Å². The van der Waals surface area contributed by atoms with Crippen LogP contribution in [-0.2, 0) is 14.1 Å². The Morgan fingerprint density at radius 2 is 2.00 bits per heavy atom. The maximum absolute atomic E-state index is 13.4. The van der Waals surface area contributed by atoms with E-state index in [4.69, 9.17) is 4.52 Å². The second-order valence-electron chi connectivity index (χ2n) is 7.51. The zero-order chi connectivity index (χ0) is 20.5. The lowest BCUT2D eigenvalue weighted by Gasteiger charge is -2.27. The van der Waals surface area contributed by atoms with Crippen molar-refractivity contribution in [2.45, 2.75) is 38.6 Å². The van der Waals surface area contributed by atoms with Crippen molar-refractivity contribution >= 4 is 11.7 Å². The molecule has 4 rings (SSSR count). The number of ketones is 1. The second-order valence-corrected chi connectivity index (χ2v) is 7.51. The molecule has 1 fully saturated rings. The van der Waals surface area contributed by atoms with E-state index >= 15 is 0 Å². The van der Waals surface area contributed by atoms with Gasteiger partial charge >= 0.3 is 0 Å². The predicted octanol–water partition coefficient (Wildman–Crippen LogP) is 2.77. The predicted molar refractivity (Wildman–Crippen MR) is 104 cm³/mol. The Bertz CT molecular complexity index is 1050. The van der Waals surface area contributed by atoms with E-state index in [9.17, 15) is 9.59 Å². The summed E-state index contributed by atoms with van der Waals surface area (Å²) in [6, 6.07) is 1.39. The number of amides is 1. The molecule has 9 heteroatoms. The highest BCUT2D eigenvalue weighted by Gasteiger charge is 2.32. The lowest BCUT2D eigenvalue weighted by molar-refractivity contribution is 0.0660. The SMILES string of the molecule is CC(=O)c1cc(C(=O)N2CCCCCC2c2noc(-c3cnn(C)c3)n2)n(C)c1. The summed E-state index contributed by atoms with van der Waals surface area (Å²) in [5.74, 6) is 0.702. The smallest absolute Gasteiger partial charge is 0.271 e. The van der Waals surface area contributed by atoms with E-state index in [0.29, 0.717) is 29.5 Å². The number of carbonyl (C=O) groups excluding carboxylic acids is 2. The van der Waals surface area contributed by atoms with E-state index in [1.54, 1.807) is 41.0 Å².